The topological polar surface area (TPSA) is 75.9 Å². The van der Waals surface area contributed by atoms with E-state index >= 15 is 0 Å². The van der Waals surface area contributed by atoms with E-state index in [9.17, 15) is 9.59 Å². The molecule has 0 spiro atoms. The number of amides is 2. The number of hydrogen-bond donors (Lipinski definition) is 0. The van der Waals surface area contributed by atoms with Gasteiger partial charge in [-0.05, 0) is 32.3 Å². The lowest BCUT2D eigenvalue weighted by molar-refractivity contribution is -0.132. The van der Waals surface area contributed by atoms with Gasteiger partial charge in [-0.25, -0.2) is 4.79 Å². The molecule has 2 aliphatic rings. The van der Waals surface area contributed by atoms with E-state index in [0.717, 1.165) is 24.1 Å². The smallest absolute Gasteiger partial charge is 0.411 e. The fourth-order valence-electron chi connectivity index (χ4n) is 4.20. The summed E-state index contributed by atoms with van der Waals surface area (Å²) >= 11 is 0. The van der Waals surface area contributed by atoms with Crippen LogP contribution in [-0.4, -0.2) is 52.1 Å². The molecule has 1 aromatic heterocycles. The first kappa shape index (κ1) is 18.5. The largest absolute Gasteiger partial charge is 0.439 e. The zero-order chi connectivity index (χ0) is 19.7. The maximum atomic E-state index is 12.5. The van der Waals surface area contributed by atoms with Crippen molar-refractivity contribution in [3.05, 3.63) is 53.4 Å². The van der Waals surface area contributed by atoms with Gasteiger partial charge in [-0.2, -0.15) is 0 Å². The second kappa shape index (κ2) is 7.66. The van der Waals surface area contributed by atoms with Crippen molar-refractivity contribution in [3.63, 3.8) is 0 Å². The highest BCUT2D eigenvalue weighted by Gasteiger charge is 2.44. The molecule has 148 valence electrons. The number of ether oxygens (including phenoxy) is 1. The summed E-state index contributed by atoms with van der Waals surface area (Å²) in [6.07, 6.45) is 1.22. The number of piperidine rings is 1. The average molecular weight is 383 g/mol. The molecule has 7 heteroatoms. The van der Waals surface area contributed by atoms with Gasteiger partial charge in [-0.1, -0.05) is 35.5 Å². The number of aromatic nitrogens is 1. The van der Waals surface area contributed by atoms with Gasteiger partial charge >= 0.3 is 6.09 Å². The van der Waals surface area contributed by atoms with E-state index in [1.54, 1.807) is 6.07 Å². The Bertz CT molecular complexity index is 842. The maximum Gasteiger partial charge on any atom is 0.411 e. The molecular formula is C21H25N3O4. The number of nitrogens with zero attached hydrogens (tertiary/aromatic N) is 3. The van der Waals surface area contributed by atoms with Crippen molar-refractivity contribution in [2.45, 2.75) is 51.3 Å². The van der Waals surface area contributed by atoms with Crippen LogP contribution in [0.4, 0.5) is 4.79 Å². The quantitative estimate of drug-likeness (QED) is 0.811. The van der Waals surface area contributed by atoms with Gasteiger partial charge in [-0.15, -0.1) is 0 Å². The molecule has 0 radical (unpaired) electrons. The Morgan fingerprint density at radius 1 is 1.21 bits per heavy atom. The standard InChI is InChI=1S/C21H25N3O4/c1-14-12-18(28-22-14)13-19(25)23-10-8-17(9-11-23)24-15(2)20(27-21(24)26)16-6-4-3-5-7-16/h3-7,12,15,17,20H,8-11,13H2,1-2H3. The predicted molar refractivity (Wildman–Crippen MR) is 102 cm³/mol. The molecule has 0 bridgehead atoms. The monoisotopic (exact) mass is 383 g/mol. The van der Waals surface area contributed by atoms with Crippen LogP contribution in [-0.2, 0) is 16.0 Å². The van der Waals surface area contributed by atoms with E-state index in [2.05, 4.69) is 5.16 Å². The van der Waals surface area contributed by atoms with Crippen LogP contribution in [0.1, 0.15) is 42.9 Å². The van der Waals surface area contributed by atoms with Crippen molar-refractivity contribution in [1.82, 2.24) is 15.0 Å². The minimum Gasteiger partial charge on any atom is -0.439 e. The molecule has 4 rings (SSSR count). The molecule has 2 unspecified atom stereocenters. The molecule has 1 aromatic carbocycles. The van der Waals surface area contributed by atoms with Crippen LogP contribution in [0.15, 0.2) is 40.9 Å². The highest BCUT2D eigenvalue weighted by molar-refractivity contribution is 5.78. The van der Waals surface area contributed by atoms with Gasteiger partial charge in [0.25, 0.3) is 0 Å². The fourth-order valence-corrected chi connectivity index (χ4v) is 4.20. The SMILES string of the molecule is Cc1cc(CC(=O)N2CCC(N3C(=O)OC(c4ccccc4)C3C)CC2)on1. The lowest BCUT2D eigenvalue weighted by Crippen LogP contribution is -2.49. The molecule has 0 N–H and O–H groups in total. The van der Waals surface area contributed by atoms with Crippen LogP contribution in [0, 0.1) is 6.92 Å². The number of cyclic esters (lactones) is 1. The molecule has 3 heterocycles. The Labute approximate surface area is 164 Å². The van der Waals surface area contributed by atoms with Gasteiger partial charge < -0.3 is 14.2 Å². The second-order valence-corrected chi connectivity index (χ2v) is 7.59. The Morgan fingerprint density at radius 3 is 2.57 bits per heavy atom. The molecule has 2 aliphatic heterocycles. The Balaban J connectivity index is 1.35. The minimum atomic E-state index is -0.261. The number of aryl methyl sites for hydroxylation is 1. The van der Waals surface area contributed by atoms with E-state index in [1.165, 1.54) is 0 Å². The van der Waals surface area contributed by atoms with E-state index in [0.29, 0.717) is 18.8 Å². The zero-order valence-electron chi connectivity index (χ0n) is 16.2. The van der Waals surface area contributed by atoms with E-state index in [4.69, 9.17) is 9.26 Å². The molecule has 2 amide bonds. The second-order valence-electron chi connectivity index (χ2n) is 7.59. The van der Waals surface area contributed by atoms with Crippen LogP contribution in [0.3, 0.4) is 0 Å². The van der Waals surface area contributed by atoms with Gasteiger partial charge in [0.15, 0.2) is 0 Å². The Kier molecular flexibility index (Phi) is 5.07. The van der Waals surface area contributed by atoms with Crippen LogP contribution in [0.5, 0.6) is 0 Å². The first-order chi connectivity index (χ1) is 13.5. The van der Waals surface area contributed by atoms with Gasteiger partial charge in [0.2, 0.25) is 5.91 Å². The van der Waals surface area contributed by atoms with Crippen molar-refractivity contribution < 1.29 is 18.8 Å². The average Bonchev–Trinajstić information content (AvgIpc) is 3.24. The molecule has 2 saturated heterocycles. The molecule has 2 atom stereocenters. The highest BCUT2D eigenvalue weighted by atomic mass is 16.6. The van der Waals surface area contributed by atoms with E-state index < -0.39 is 0 Å². The van der Waals surface area contributed by atoms with Gasteiger partial charge in [-0.3, -0.25) is 9.69 Å². The van der Waals surface area contributed by atoms with Crippen molar-refractivity contribution in [3.8, 4) is 0 Å². The third-order valence-electron chi connectivity index (χ3n) is 5.66. The molecule has 7 nitrogen and oxygen atoms in total. The van der Waals surface area contributed by atoms with Gasteiger partial charge in [0.05, 0.1) is 18.2 Å². The lowest BCUT2D eigenvalue weighted by atomic mass is 9.98. The summed E-state index contributed by atoms with van der Waals surface area (Å²) in [5.41, 5.74) is 1.79. The van der Waals surface area contributed by atoms with Crippen molar-refractivity contribution in [2.24, 2.45) is 0 Å². The number of hydrogen-bond acceptors (Lipinski definition) is 5. The predicted octanol–water partition coefficient (Wildman–Crippen LogP) is 3.10. The maximum absolute atomic E-state index is 12.5. The number of carbonyl (C=O) groups excluding carboxylic acids is 2. The number of carbonyl (C=O) groups is 2. The number of benzene rings is 1. The van der Waals surface area contributed by atoms with Crippen molar-refractivity contribution in [1.29, 1.82) is 0 Å². The molecule has 0 saturated carbocycles. The summed E-state index contributed by atoms with van der Waals surface area (Å²) < 4.78 is 10.8. The zero-order valence-corrected chi connectivity index (χ0v) is 16.2. The third kappa shape index (κ3) is 3.61. The van der Waals surface area contributed by atoms with E-state index in [-0.39, 0.29) is 36.6 Å². The molecule has 2 aromatic rings. The molecular weight excluding hydrogens is 358 g/mol. The summed E-state index contributed by atoms with van der Waals surface area (Å²) in [5.74, 6) is 0.626. The van der Waals surface area contributed by atoms with Crippen molar-refractivity contribution >= 4 is 12.0 Å². The van der Waals surface area contributed by atoms with Crippen LogP contribution in [0.2, 0.25) is 0 Å². The third-order valence-corrected chi connectivity index (χ3v) is 5.66. The lowest BCUT2D eigenvalue weighted by Gasteiger charge is -2.37. The van der Waals surface area contributed by atoms with Crippen LogP contribution < -0.4 is 0 Å². The fraction of sp³-hybridized carbons (Fsp3) is 0.476. The Hall–Kier alpha value is -2.83. The number of rotatable bonds is 4. The van der Waals surface area contributed by atoms with Gasteiger partial charge in [0.1, 0.15) is 11.9 Å². The molecule has 2 fully saturated rings. The summed E-state index contributed by atoms with van der Waals surface area (Å²) in [6, 6.07) is 11.7. The Morgan fingerprint density at radius 2 is 1.93 bits per heavy atom. The van der Waals surface area contributed by atoms with Crippen LogP contribution in [0.25, 0.3) is 0 Å². The summed E-state index contributed by atoms with van der Waals surface area (Å²) in [4.78, 5) is 28.7. The summed E-state index contributed by atoms with van der Waals surface area (Å²) in [7, 11) is 0. The minimum absolute atomic E-state index is 0.0284. The first-order valence-corrected chi connectivity index (χ1v) is 9.77. The van der Waals surface area contributed by atoms with Crippen LogP contribution >= 0.6 is 0 Å². The van der Waals surface area contributed by atoms with Crippen molar-refractivity contribution in [2.75, 3.05) is 13.1 Å². The number of likely N-dealkylation sites (tertiary alicyclic amines) is 1. The van der Waals surface area contributed by atoms with E-state index in [1.807, 2.05) is 54.0 Å². The summed E-state index contributed by atoms with van der Waals surface area (Å²) in [5, 5.41) is 3.82. The molecule has 28 heavy (non-hydrogen) atoms. The molecule has 0 aliphatic carbocycles. The van der Waals surface area contributed by atoms with Gasteiger partial charge in [0, 0.05) is 25.2 Å². The normalized spacial score (nSPS) is 23.1. The summed E-state index contributed by atoms with van der Waals surface area (Å²) in [6.45, 7) is 5.13. The highest BCUT2D eigenvalue weighted by Crippen LogP contribution is 2.35. The first-order valence-electron chi connectivity index (χ1n) is 9.77.